The molecule has 0 fully saturated rings. The zero-order valence-corrected chi connectivity index (χ0v) is 20.2. The van der Waals surface area contributed by atoms with Crippen LogP contribution >= 0.6 is 0 Å². The van der Waals surface area contributed by atoms with E-state index in [1.807, 2.05) is 49.4 Å². The quantitative estimate of drug-likeness (QED) is 0.291. The van der Waals surface area contributed by atoms with E-state index in [4.69, 9.17) is 0 Å². The fraction of sp³-hybridized carbons (Fsp3) is 0.0714. The second kappa shape index (κ2) is 9.19. The Morgan fingerprint density at radius 2 is 1.23 bits per heavy atom. The highest BCUT2D eigenvalue weighted by Gasteiger charge is 2.19. The van der Waals surface area contributed by atoms with Crippen molar-refractivity contribution in [1.29, 1.82) is 0 Å². The monoisotopic (exact) mass is 480 g/mol. The Bertz CT molecular complexity index is 1610. The molecule has 0 radical (unpaired) electrons. The second-order valence-electron chi connectivity index (χ2n) is 8.40. The Morgan fingerprint density at radius 1 is 0.629 bits per heavy atom. The first kappa shape index (κ1) is 22.6. The molecule has 4 aromatic carbocycles. The number of nitrogens with zero attached hydrogens (tertiary/aromatic N) is 2. The van der Waals surface area contributed by atoms with Gasteiger partial charge in [-0.05, 0) is 61.4 Å². The lowest BCUT2D eigenvalue weighted by Crippen LogP contribution is -2.16. The van der Waals surface area contributed by atoms with Gasteiger partial charge in [-0.3, -0.25) is 4.72 Å². The third kappa shape index (κ3) is 5.00. The first-order valence-electron chi connectivity index (χ1n) is 11.2. The van der Waals surface area contributed by atoms with Crippen LogP contribution in [-0.4, -0.2) is 18.4 Å². The number of fused-ring (bicyclic) bond motifs is 1. The number of hydrogen-bond acceptors (Lipinski definition) is 5. The van der Waals surface area contributed by atoms with Crippen molar-refractivity contribution in [2.45, 2.75) is 18.7 Å². The lowest BCUT2D eigenvalue weighted by Gasteiger charge is -2.14. The lowest BCUT2D eigenvalue weighted by atomic mass is 10.0. The van der Waals surface area contributed by atoms with E-state index in [0.29, 0.717) is 16.9 Å². The Hall–Kier alpha value is -4.23. The fourth-order valence-corrected chi connectivity index (χ4v) is 4.73. The number of nitrogens with one attached hydrogen (secondary N) is 2. The summed E-state index contributed by atoms with van der Waals surface area (Å²) in [5.41, 5.74) is 6.30. The Labute approximate surface area is 204 Å². The number of aromatic nitrogens is 2. The van der Waals surface area contributed by atoms with Crippen LogP contribution in [-0.2, 0) is 10.0 Å². The van der Waals surface area contributed by atoms with E-state index in [2.05, 4.69) is 51.2 Å². The van der Waals surface area contributed by atoms with Crippen molar-refractivity contribution in [3.63, 3.8) is 0 Å². The molecule has 174 valence electrons. The van der Waals surface area contributed by atoms with Crippen molar-refractivity contribution in [3.8, 4) is 11.1 Å². The van der Waals surface area contributed by atoms with Crippen LogP contribution in [0.5, 0.6) is 0 Å². The largest absolute Gasteiger partial charge is 0.337 e. The smallest absolute Gasteiger partial charge is 0.263 e. The number of hydrogen-bond donors (Lipinski definition) is 2. The van der Waals surface area contributed by atoms with E-state index in [9.17, 15) is 8.42 Å². The van der Waals surface area contributed by atoms with Gasteiger partial charge in [0.25, 0.3) is 10.0 Å². The molecule has 5 rings (SSSR count). The van der Waals surface area contributed by atoms with Crippen LogP contribution in [0.4, 0.5) is 17.3 Å². The van der Waals surface area contributed by atoms with E-state index < -0.39 is 10.0 Å². The van der Waals surface area contributed by atoms with E-state index in [1.165, 1.54) is 5.56 Å². The maximum atomic E-state index is 13.1. The van der Waals surface area contributed by atoms with Crippen molar-refractivity contribution in [1.82, 2.24) is 9.97 Å². The van der Waals surface area contributed by atoms with Crippen molar-refractivity contribution < 1.29 is 8.42 Å². The van der Waals surface area contributed by atoms with Gasteiger partial charge in [0.1, 0.15) is 0 Å². The molecule has 0 aliphatic rings. The highest BCUT2D eigenvalue weighted by atomic mass is 32.2. The van der Waals surface area contributed by atoms with Gasteiger partial charge in [0, 0.05) is 5.69 Å². The molecule has 6 nitrogen and oxygen atoms in total. The summed E-state index contributed by atoms with van der Waals surface area (Å²) in [5, 5.41) is 3.27. The average Bonchev–Trinajstić information content (AvgIpc) is 2.85. The van der Waals surface area contributed by atoms with Crippen LogP contribution in [0.1, 0.15) is 11.1 Å². The van der Waals surface area contributed by atoms with E-state index in [0.717, 1.165) is 22.4 Å². The van der Waals surface area contributed by atoms with Crippen LogP contribution in [0.15, 0.2) is 102 Å². The summed E-state index contributed by atoms with van der Waals surface area (Å²) in [6.07, 6.45) is 0. The first-order valence-corrected chi connectivity index (χ1v) is 12.7. The Balaban J connectivity index is 1.53. The molecule has 0 spiro atoms. The molecule has 5 aromatic rings. The van der Waals surface area contributed by atoms with Gasteiger partial charge < -0.3 is 5.32 Å². The minimum Gasteiger partial charge on any atom is -0.337 e. The minimum absolute atomic E-state index is 0.130. The third-order valence-electron chi connectivity index (χ3n) is 5.64. The number of benzene rings is 4. The molecule has 0 aliphatic carbocycles. The topological polar surface area (TPSA) is 84.0 Å². The maximum Gasteiger partial charge on any atom is 0.263 e. The SMILES string of the molecule is Cc1ccc(-c2cccc(Nc3nc4ccccc4nc3NS(=O)(=O)c3ccc(C)cc3)c2)cc1. The zero-order valence-electron chi connectivity index (χ0n) is 19.4. The molecular weight excluding hydrogens is 456 g/mol. The molecule has 0 bridgehead atoms. The fourth-order valence-electron chi connectivity index (χ4n) is 3.72. The van der Waals surface area contributed by atoms with Gasteiger partial charge in [-0.2, -0.15) is 0 Å². The van der Waals surface area contributed by atoms with E-state index in [1.54, 1.807) is 30.3 Å². The summed E-state index contributed by atoms with van der Waals surface area (Å²) in [6, 6.07) is 30.2. The molecule has 0 unspecified atom stereocenters. The number of rotatable bonds is 6. The minimum atomic E-state index is -3.86. The zero-order chi connectivity index (χ0) is 24.4. The predicted octanol–water partition coefficient (Wildman–Crippen LogP) is 6.46. The van der Waals surface area contributed by atoms with Gasteiger partial charge in [-0.1, -0.05) is 71.8 Å². The van der Waals surface area contributed by atoms with E-state index in [-0.39, 0.29) is 10.7 Å². The summed E-state index contributed by atoms with van der Waals surface area (Å²) in [4.78, 5) is 9.41. The number of para-hydroxylation sites is 2. The van der Waals surface area contributed by atoms with Crippen LogP contribution in [0.25, 0.3) is 22.2 Å². The Kier molecular flexibility index (Phi) is 5.93. The maximum absolute atomic E-state index is 13.1. The molecule has 0 amide bonds. The molecule has 1 aromatic heterocycles. The number of aryl methyl sites for hydroxylation is 2. The summed E-state index contributed by atoms with van der Waals surface area (Å²) in [5.74, 6) is 0.449. The van der Waals surface area contributed by atoms with Crippen LogP contribution in [0.2, 0.25) is 0 Å². The lowest BCUT2D eigenvalue weighted by molar-refractivity contribution is 0.601. The van der Waals surface area contributed by atoms with Crippen LogP contribution in [0, 0.1) is 13.8 Å². The van der Waals surface area contributed by atoms with Crippen molar-refractivity contribution in [2.24, 2.45) is 0 Å². The Morgan fingerprint density at radius 3 is 1.89 bits per heavy atom. The predicted molar refractivity (Wildman–Crippen MR) is 141 cm³/mol. The number of sulfonamides is 1. The van der Waals surface area contributed by atoms with Crippen LogP contribution in [0.3, 0.4) is 0 Å². The molecule has 7 heteroatoms. The second-order valence-corrected chi connectivity index (χ2v) is 10.1. The molecule has 35 heavy (non-hydrogen) atoms. The molecule has 0 atom stereocenters. The average molecular weight is 481 g/mol. The summed E-state index contributed by atoms with van der Waals surface area (Å²) in [7, 11) is -3.86. The van der Waals surface area contributed by atoms with Gasteiger partial charge in [-0.25, -0.2) is 18.4 Å². The highest BCUT2D eigenvalue weighted by Crippen LogP contribution is 2.29. The number of anilines is 3. The molecule has 2 N–H and O–H groups in total. The van der Waals surface area contributed by atoms with Crippen molar-refractivity contribution in [2.75, 3.05) is 10.0 Å². The van der Waals surface area contributed by atoms with Gasteiger partial charge in [0.05, 0.1) is 15.9 Å². The molecule has 1 heterocycles. The standard InChI is InChI=1S/C28H24N4O2S/c1-19-10-14-21(15-11-19)22-6-5-7-23(18-22)29-27-28(31-26-9-4-3-8-25(26)30-27)32-35(33,34)24-16-12-20(2)13-17-24/h3-18H,1-2H3,(H,29,30)(H,31,32). The summed E-state index contributed by atoms with van der Waals surface area (Å²) in [6.45, 7) is 3.96. The normalized spacial score (nSPS) is 11.4. The van der Waals surface area contributed by atoms with Gasteiger partial charge in [0.15, 0.2) is 11.6 Å². The third-order valence-corrected chi connectivity index (χ3v) is 7.00. The van der Waals surface area contributed by atoms with Crippen molar-refractivity contribution in [3.05, 3.63) is 108 Å². The van der Waals surface area contributed by atoms with E-state index >= 15 is 0 Å². The summed E-state index contributed by atoms with van der Waals surface area (Å²) < 4.78 is 28.9. The molecule has 0 saturated carbocycles. The molecule has 0 saturated heterocycles. The van der Waals surface area contributed by atoms with Gasteiger partial charge in [0.2, 0.25) is 0 Å². The summed E-state index contributed by atoms with van der Waals surface area (Å²) >= 11 is 0. The molecule has 0 aliphatic heterocycles. The van der Waals surface area contributed by atoms with Crippen LogP contribution < -0.4 is 10.0 Å². The highest BCUT2D eigenvalue weighted by molar-refractivity contribution is 7.92. The van der Waals surface area contributed by atoms with Gasteiger partial charge in [-0.15, -0.1) is 0 Å². The van der Waals surface area contributed by atoms with Gasteiger partial charge >= 0.3 is 0 Å². The first-order chi connectivity index (χ1) is 16.9. The molecular formula is C28H24N4O2S. The van der Waals surface area contributed by atoms with Crippen molar-refractivity contribution >= 4 is 38.4 Å².